The van der Waals surface area contributed by atoms with Crippen molar-refractivity contribution in [3.05, 3.63) is 63.8 Å². The molecule has 0 unspecified atom stereocenters. The average molecular weight is 480 g/mol. The molecule has 0 bridgehead atoms. The molecule has 4 nitrogen and oxygen atoms in total. The number of aromatic amines is 1. The van der Waals surface area contributed by atoms with Gasteiger partial charge in [0, 0.05) is 64.0 Å². The van der Waals surface area contributed by atoms with Crippen molar-refractivity contribution in [3.8, 4) is 12.3 Å². The number of piperidine rings is 1. The van der Waals surface area contributed by atoms with Gasteiger partial charge in [0.2, 0.25) is 0 Å². The normalized spacial score (nSPS) is 19.9. The smallest absolute Gasteiger partial charge is 0.195 e. The van der Waals surface area contributed by atoms with Crippen LogP contribution in [0, 0.1) is 12.3 Å². The second kappa shape index (κ2) is 8.82. The van der Waals surface area contributed by atoms with Crippen LogP contribution in [-0.2, 0) is 11.8 Å². The third-order valence-corrected chi connectivity index (χ3v) is 9.00. The van der Waals surface area contributed by atoms with Gasteiger partial charge in [-0.3, -0.25) is 4.79 Å². The summed E-state index contributed by atoms with van der Waals surface area (Å²) in [6, 6.07) is 11.8. The standard InChI is InChI=1S/C32H37N3O/c1-5-20-11-12-24-27(17-20)34-31-29(24)30(36)25-18-21(6-2)28(19-26(25)32(31,3)4)35-15-13-23(14-16-35)33-22-9-7-8-10-22/h1,11-12,17-19,22-23,33-34H,6-10,13-16H2,2-4H3. The molecular weight excluding hydrogens is 442 g/mol. The molecule has 2 N–H and O–H groups in total. The van der Waals surface area contributed by atoms with Gasteiger partial charge < -0.3 is 15.2 Å². The van der Waals surface area contributed by atoms with Gasteiger partial charge in [-0.15, -0.1) is 6.42 Å². The number of terminal acetylenes is 1. The van der Waals surface area contributed by atoms with Crippen LogP contribution in [0.4, 0.5) is 5.69 Å². The fourth-order valence-corrected chi connectivity index (χ4v) is 6.89. The van der Waals surface area contributed by atoms with E-state index in [1.54, 1.807) is 0 Å². The molecule has 6 rings (SSSR count). The number of hydrogen-bond acceptors (Lipinski definition) is 3. The van der Waals surface area contributed by atoms with Crippen LogP contribution < -0.4 is 10.2 Å². The molecule has 36 heavy (non-hydrogen) atoms. The zero-order valence-electron chi connectivity index (χ0n) is 21.8. The number of rotatable bonds is 4. The number of nitrogens with zero attached hydrogens (tertiary/aromatic N) is 1. The van der Waals surface area contributed by atoms with Crippen molar-refractivity contribution >= 4 is 22.4 Å². The molecule has 0 atom stereocenters. The minimum atomic E-state index is -0.308. The van der Waals surface area contributed by atoms with Crippen molar-refractivity contribution in [3.63, 3.8) is 0 Å². The van der Waals surface area contributed by atoms with Crippen molar-refractivity contribution in [2.24, 2.45) is 0 Å². The number of aryl methyl sites for hydroxylation is 1. The minimum Gasteiger partial charge on any atom is -0.371 e. The van der Waals surface area contributed by atoms with Crippen LogP contribution in [0.1, 0.15) is 97.6 Å². The first-order chi connectivity index (χ1) is 17.4. The number of ketones is 1. The van der Waals surface area contributed by atoms with Crippen LogP contribution in [0.5, 0.6) is 0 Å². The summed E-state index contributed by atoms with van der Waals surface area (Å²) in [5, 5.41) is 4.90. The number of anilines is 1. The van der Waals surface area contributed by atoms with Crippen molar-refractivity contribution in [1.29, 1.82) is 0 Å². The zero-order chi connectivity index (χ0) is 25.0. The summed E-state index contributed by atoms with van der Waals surface area (Å²) >= 11 is 0. The second-order valence-corrected chi connectivity index (χ2v) is 11.5. The SMILES string of the molecule is C#Cc1ccc2c3c([nH]c2c1)C(C)(C)c1cc(N2CCC(NC4CCCC4)CC2)c(CC)cc1C3=O. The monoisotopic (exact) mass is 479 g/mol. The number of H-pyrrole nitrogens is 1. The van der Waals surface area contributed by atoms with E-state index in [1.807, 2.05) is 18.2 Å². The Morgan fingerprint density at radius 3 is 2.50 bits per heavy atom. The third-order valence-electron chi connectivity index (χ3n) is 9.00. The summed E-state index contributed by atoms with van der Waals surface area (Å²) in [5.41, 5.74) is 7.83. The van der Waals surface area contributed by atoms with Crippen molar-refractivity contribution in [2.45, 2.75) is 83.2 Å². The summed E-state index contributed by atoms with van der Waals surface area (Å²) in [6.07, 6.45) is 14.4. The van der Waals surface area contributed by atoms with E-state index in [-0.39, 0.29) is 11.2 Å². The van der Waals surface area contributed by atoms with Crippen LogP contribution >= 0.6 is 0 Å². The van der Waals surface area contributed by atoms with Gasteiger partial charge in [0.1, 0.15) is 0 Å². The van der Waals surface area contributed by atoms with Crippen LogP contribution in [-0.4, -0.2) is 35.9 Å². The highest BCUT2D eigenvalue weighted by Crippen LogP contribution is 2.46. The molecule has 1 saturated heterocycles. The fraction of sp³-hybridized carbons (Fsp3) is 0.469. The summed E-state index contributed by atoms with van der Waals surface area (Å²) < 4.78 is 0. The predicted molar refractivity (Wildman–Crippen MR) is 148 cm³/mol. The van der Waals surface area contributed by atoms with Gasteiger partial charge in [0.25, 0.3) is 0 Å². The summed E-state index contributed by atoms with van der Waals surface area (Å²) in [7, 11) is 0. The largest absolute Gasteiger partial charge is 0.371 e. The molecule has 0 radical (unpaired) electrons. The maximum absolute atomic E-state index is 13.9. The van der Waals surface area contributed by atoms with E-state index in [0.29, 0.717) is 6.04 Å². The molecular formula is C32H37N3O. The Morgan fingerprint density at radius 1 is 1.08 bits per heavy atom. The van der Waals surface area contributed by atoms with E-state index in [0.717, 1.165) is 64.4 Å². The zero-order valence-corrected chi connectivity index (χ0v) is 21.8. The highest BCUT2D eigenvalue weighted by atomic mass is 16.1. The molecule has 1 aliphatic heterocycles. The molecule has 3 aromatic rings. The minimum absolute atomic E-state index is 0.125. The first-order valence-electron chi connectivity index (χ1n) is 13.8. The molecule has 1 saturated carbocycles. The number of nitrogens with one attached hydrogen (secondary N) is 2. The highest BCUT2D eigenvalue weighted by molar-refractivity contribution is 6.20. The number of aromatic nitrogens is 1. The van der Waals surface area contributed by atoms with Gasteiger partial charge in [0.15, 0.2) is 5.78 Å². The fourth-order valence-electron chi connectivity index (χ4n) is 6.89. The van der Waals surface area contributed by atoms with Crippen molar-refractivity contribution in [1.82, 2.24) is 10.3 Å². The van der Waals surface area contributed by atoms with E-state index in [2.05, 4.69) is 54.0 Å². The number of carbonyl (C=O) groups excluding carboxylic acids is 1. The van der Waals surface area contributed by atoms with E-state index < -0.39 is 0 Å². The van der Waals surface area contributed by atoms with Crippen LogP contribution in [0.3, 0.4) is 0 Å². The van der Waals surface area contributed by atoms with Gasteiger partial charge in [-0.1, -0.05) is 45.6 Å². The number of fused-ring (bicyclic) bond motifs is 4. The average Bonchev–Trinajstić information content (AvgIpc) is 3.55. The molecule has 2 aliphatic carbocycles. The van der Waals surface area contributed by atoms with Gasteiger partial charge in [0.05, 0.1) is 5.56 Å². The Kier molecular flexibility index (Phi) is 5.73. The lowest BCUT2D eigenvalue weighted by Crippen LogP contribution is -2.46. The predicted octanol–water partition coefficient (Wildman–Crippen LogP) is 6.08. The van der Waals surface area contributed by atoms with Crippen LogP contribution in [0.2, 0.25) is 0 Å². The van der Waals surface area contributed by atoms with Gasteiger partial charge >= 0.3 is 0 Å². The summed E-state index contributed by atoms with van der Waals surface area (Å²) in [6.45, 7) is 8.81. The molecule has 4 heteroatoms. The van der Waals surface area contributed by atoms with Crippen LogP contribution in [0.15, 0.2) is 30.3 Å². The van der Waals surface area contributed by atoms with Crippen molar-refractivity contribution < 1.29 is 4.79 Å². The Hall–Kier alpha value is -3.03. The molecule has 2 aromatic carbocycles. The molecule has 3 aliphatic rings. The van der Waals surface area contributed by atoms with E-state index in [9.17, 15) is 4.79 Å². The topological polar surface area (TPSA) is 48.1 Å². The number of carbonyl (C=O) groups is 1. The second-order valence-electron chi connectivity index (χ2n) is 11.5. The number of hydrogen-bond donors (Lipinski definition) is 2. The van der Waals surface area contributed by atoms with E-state index in [1.165, 1.54) is 49.8 Å². The molecule has 186 valence electrons. The first kappa shape index (κ1) is 23.4. The van der Waals surface area contributed by atoms with Gasteiger partial charge in [-0.25, -0.2) is 0 Å². The summed E-state index contributed by atoms with van der Waals surface area (Å²) in [5.74, 6) is 2.84. The van der Waals surface area contributed by atoms with E-state index >= 15 is 0 Å². The Morgan fingerprint density at radius 2 is 1.81 bits per heavy atom. The van der Waals surface area contributed by atoms with Gasteiger partial charge in [-0.2, -0.15) is 0 Å². The Bertz CT molecular complexity index is 1370. The highest BCUT2D eigenvalue weighted by Gasteiger charge is 2.40. The Balaban J connectivity index is 1.35. The molecule has 2 fully saturated rings. The van der Waals surface area contributed by atoms with Crippen LogP contribution in [0.25, 0.3) is 10.9 Å². The van der Waals surface area contributed by atoms with Crippen molar-refractivity contribution in [2.75, 3.05) is 18.0 Å². The Labute approximate surface area is 214 Å². The lowest BCUT2D eigenvalue weighted by Gasteiger charge is -2.38. The number of benzene rings is 2. The molecule has 0 amide bonds. The van der Waals surface area contributed by atoms with E-state index in [4.69, 9.17) is 6.42 Å². The summed E-state index contributed by atoms with van der Waals surface area (Å²) in [4.78, 5) is 20.1. The third kappa shape index (κ3) is 3.68. The maximum Gasteiger partial charge on any atom is 0.195 e. The first-order valence-corrected chi connectivity index (χ1v) is 13.8. The molecule has 2 heterocycles. The molecule has 1 aromatic heterocycles. The lowest BCUT2D eigenvalue weighted by atomic mass is 9.70. The van der Waals surface area contributed by atoms with Gasteiger partial charge in [-0.05, 0) is 67.5 Å². The molecule has 0 spiro atoms. The maximum atomic E-state index is 13.9. The quantitative estimate of drug-likeness (QED) is 0.446. The lowest BCUT2D eigenvalue weighted by molar-refractivity contribution is 0.103.